The van der Waals surface area contributed by atoms with E-state index in [0.29, 0.717) is 10.8 Å². The zero-order valence-electron chi connectivity index (χ0n) is 11.7. The molecular weight excluding hydrogens is 262 g/mol. The van der Waals surface area contributed by atoms with Crippen LogP contribution in [0.3, 0.4) is 0 Å². The Morgan fingerprint density at radius 3 is 2.42 bits per heavy atom. The summed E-state index contributed by atoms with van der Waals surface area (Å²) in [6, 6.07) is 2.01. The first-order chi connectivity index (χ1) is 9.08. The molecule has 0 saturated carbocycles. The lowest BCUT2D eigenvalue weighted by Gasteiger charge is -2.35. The fourth-order valence-corrected chi connectivity index (χ4v) is 2.70. The van der Waals surface area contributed by atoms with Crippen LogP contribution in [0.4, 0.5) is 0 Å². The maximum absolute atomic E-state index is 9.47. The number of hydrogen-bond acceptors (Lipinski definition) is 4. The molecule has 1 fully saturated rings. The lowest BCUT2D eigenvalue weighted by atomic mass is 10.1. The minimum atomic E-state index is -0.341. The molecule has 0 aromatic carbocycles. The number of aryl methyl sites for hydroxylation is 1. The normalized spacial score (nSPS) is 19.3. The third kappa shape index (κ3) is 2.76. The van der Waals surface area contributed by atoms with Crippen molar-refractivity contribution < 1.29 is 0 Å². The maximum atomic E-state index is 9.47. The van der Waals surface area contributed by atoms with Crippen molar-refractivity contribution in [1.29, 1.82) is 5.26 Å². The summed E-state index contributed by atoms with van der Waals surface area (Å²) in [5, 5.41) is 10.0. The zero-order valence-corrected chi connectivity index (χ0v) is 12.5. The number of nitriles is 1. The Balaban J connectivity index is 2.17. The second-order valence-electron chi connectivity index (χ2n) is 4.90. The highest BCUT2D eigenvalue weighted by molar-refractivity contribution is 6.30. The van der Waals surface area contributed by atoms with E-state index in [-0.39, 0.29) is 6.04 Å². The molecule has 1 aromatic rings. The smallest absolute Gasteiger partial charge is 0.144 e. The lowest BCUT2D eigenvalue weighted by molar-refractivity contribution is 0.117. The second kappa shape index (κ2) is 5.91. The summed E-state index contributed by atoms with van der Waals surface area (Å²) in [5.41, 5.74) is 0.689. The fraction of sp³-hybridized carbons (Fsp3) is 0.692. The van der Waals surface area contributed by atoms with Crippen molar-refractivity contribution >= 4 is 11.6 Å². The minimum Gasteiger partial charge on any atom is -0.322 e. The van der Waals surface area contributed by atoms with Gasteiger partial charge in [-0.2, -0.15) is 5.26 Å². The van der Waals surface area contributed by atoms with E-state index in [1.807, 2.05) is 18.5 Å². The van der Waals surface area contributed by atoms with Crippen LogP contribution in [0.25, 0.3) is 0 Å². The standard InChI is InChI=1S/C13H20ClN5/c1-4-18-5-7-19(8-6-18)11(9-15)12-13(14)17(3)10(2)16-12/h11H,4-8H2,1-3H3. The summed E-state index contributed by atoms with van der Waals surface area (Å²) in [6.45, 7) is 8.90. The summed E-state index contributed by atoms with van der Waals surface area (Å²) in [7, 11) is 1.87. The second-order valence-corrected chi connectivity index (χ2v) is 5.25. The predicted octanol–water partition coefficient (Wildman–Crippen LogP) is 1.58. The molecule has 0 amide bonds. The SMILES string of the molecule is CCN1CCN(C(C#N)c2nc(C)n(C)c2Cl)CC1. The first-order valence-corrected chi connectivity index (χ1v) is 7.01. The Kier molecular flexibility index (Phi) is 4.46. The van der Waals surface area contributed by atoms with Gasteiger partial charge in [0.25, 0.3) is 0 Å². The fourth-order valence-electron chi connectivity index (χ4n) is 2.44. The number of aromatic nitrogens is 2. The quantitative estimate of drug-likeness (QED) is 0.844. The first kappa shape index (κ1) is 14.3. The molecule has 5 nitrogen and oxygen atoms in total. The molecule has 19 heavy (non-hydrogen) atoms. The van der Waals surface area contributed by atoms with Crippen LogP contribution >= 0.6 is 11.6 Å². The number of hydrogen-bond donors (Lipinski definition) is 0. The number of piperazine rings is 1. The third-order valence-corrected chi connectivity index (χ3v) is 4.32. The number of nitrogens with zero attached hydrogens (tertiary/aromatic N) is 5. The van der Waals surface area contributed by atoms with Gasteiger partial charge in [0.15, 0.2) is 0 Å². The zero-order chi connectivity index (χ0) is 14.0. The van der Waals surface area contributed by atoms with Crippen LogP contribution in [0.15, 0.2) is 0 Å². The van der Waals surface area contributed by atoms with E-state index in [1.54, 1.807) is 0 Å². The molecule has 1 aliphatic rings. The van der Waals surface area contributed by atoms with Gasteiger partial charge in [0.05, 0.1) is 6.07 Å². The van der Waals surface area contributed by atoms with Crippen molar-refractivity contribution in [1.82, 2.24) is 19.4 Å². The molecule has 104 valence electrons. The highest BCUT2D eigenvalue weighted by Gasteiger charge is 2.28. The molecule has 1 atom stereocenters. The summed E-state index contributed by atoms with van der Waals surface area (Å²) < 4.78 is 1.82. The van der Waals surface area contributed by atoms with E-state index in [1.165, 1.54) is 0 Å². The Labute approximate surface area is 119 Å². The molecule has 6 heteroatoms. The van der Waals surface area contributed by atoms with E-state index in [4.69, 9.17) is 11.6 Å². The maximum Gasteiger partial charge on any atom is 0.144 e. The number of likely N-dealkylation sites (N-methyl/N-ethyl adjacent to an activating group) is 1. The molecule has 1 unspecified atom stereocenters. The van der Waals surface area contributed by atoms with Gasteiger partial charge in [0, 0.05) is 33.2 Å². The third-order valence-electron chi connectivity index (χ3n) is 3.87. The van der Waals surface area contributed by atoms with Crippen LogP contribution in [0.1, 0.15) is 24.5 Å². The Hall–Kier alpha value is -1.09. The molecule has 2 rings (SSSR count). The van der Waals surface area contributed by atoms with Gasteiger partial charge < -0.3 is 9.47 Å². The predicted molar refractivity (Wildman–Crippen MR) is 75.0 cm³/mol. The van der Waals surface area contributed by atoms with E-state index >= 15 is 0 Å². The van der Waals surface area contributed by atoms with Crippen LogP contribution in [0.2, 0.25) is 5.15 Å². The lowest BCUT2D eigenvalue weighted by Crippen LogP contribution is -2.47. The van der Waals surface area contributed by atoms with Gasteiger partial charge in [0.2, 0.25) is 0 Å². The molecule has 0 radical (unpaired) electrons. The number of halogens is 1. The minimum absolute atomic E-state index is 0.341. The van der Waals surface area contributed by atoms with E-state index in [0.717, 1.165) is 38.5 Å². The van der Waals surface area contributed by atoms with Crippen molar-refractivity contribution in [3.8, 4) is 6.07 Å². The van der Waals surface area contributed by atoms with Crippen molar-refractivity contribution in [3.63, 3.8) is 0 Å². The molecule has 2 heterocycles. The number of rotatable bonds is 3. The van der Waals surface area contributed by atoms with Crippen LogP contribution in [0.5, 0.6) is 0 Å². The summed E-state index contributed by atoms with van der Waals surface area (Å²) >= 11 is 6.28. The molecule has 0 N–H and O–H groups in total. The van der Waals surface area contributed by atoms with Gasteiger partial charge in [-0.15, -0.1) is 0 Å². The van der Waals surface area contributed by atoms with Gasteiger partial charge in [-0.1, -0.05) is 18.5 Å². The van der Waals surface area contributed by atoms with Gasteiger partial charge in [-0.25, -0.2) is 4.98 Å². The van der Waals surface area contributed by atoms with Crippen LogP contribution in [0, 0.1) is 18.3 Å². The highest BCUT2D eigenvalue weighted by Crippen LogP contribution is 2.27. The molecule has 0 bridgehead atoms. The Morgan fingerprint density at radius 2 is 2.00 bits per heavy atom. The monoisotopic (exact) mass is 281 g/mol. The van der Waals surface area contributed by atoms with Crippen LogP contribution in [-0.4, -0.2) is 52.1 Å². The first-order valence-electron chi connectivity index (χ1n) is 6.63. The molecular formula is C13H20ClN5. The van der Waals surface area contributed by atoms with Crippen LogP contribution in [-0.2, 0) is 7.05 Å². The van der Waals surface area contributed by atoms with E-state index in [9.17, 15) is 5.26 Å². The van der Waals surface area contributed by atoms with Gasteiger partial charge in [-0.3, -0.25) is 4.90 Å². The average Bonchev–Trinajstić information content (AvgIpc) is 2.68. The van der Waals surface area contributed by atoms with Gasteiger partial charge in [0.1, 0.15) is 22.7 Å². The van der Waals surface area contributed by atoms with Crippen molar-refractivity contribution in [3.05, 3.63) is 16.7 Å². The van der Waals surface area contributed by atoms with Crippen molar-refractivity contribution in [2.24, 2.45) is 7.05 Å². The van der Waals surface area contributed by atoms with Crippen molar-refractivity contribution in [2.75, 3.05) is 32.7 Å². The van der Waals surface area contributed by atoms with Crippen LogP contribution < -0.4 is 0 Å². The average molecular weight is 282 g/mol. The summed E-state index contributed by atoms with van der Waals surface area (Å²) in [4.78, 5) is 9.00. The highest BCUT2D eigenvalue weighted by atomic mass is 35.5. The topological polar surface area (TPSA) is 48.1 Å². The van der Waals surface area contributed by atoms with Gasteiger partial charge in [-0.05, 0) is 13.5 Å². The van der Waals surface area contributed by atoms with Gasteiger partial charge >= 0.3 is 0 Å². The molecule has 0 spiro atoms. The number of imidazole rings is 1. The molecule has 1 aliphatic heterocycles. The van der Waals surface area contributed by atoms with Crippen molar-refractivity contribution in [2.45, 2.75) is 19.9 Å². The molecule has 1 aromatic heterocycles. The van der Waals surface area contributed by atoms with E-state index in [2.05, 4.69) is 27.8 Å². The Morgan fingerprint density at radius 1 is 1.37 bits per heavy atom. The Bertz CT molecular complexity index is 482. The summed E-state index contributed by atoms with van der Waals surface area (Å²) in [6.07, 6.45) is 0. The molecule has 0 aliphatic carbocycles. The summed E-state index contributed by atoms with van der Waals surface area (Å²) in [5.74, 6) is 0.840. The molecule has 1 saturated heterocycles. The largest absolute Gasteiger partial charge is 0.322 e. The van der Waals surface area contributed by atoms with E-state index < -0.39 is 0 Å².